The van der Waals surface area contributed by atoms with E-state index in [1.165, 1.54) is 30.1 Å². The van der Waals surface area contributed by atoms with Gasteiger partial charge in [0.15, 0.2) is 0 Å². The Morgan fingerprint density at radius 2 is 2.00 bits per heavy atom. The van der Waals surface area contributed by atoms with Crippen LogP contribution in [-0.2, 0) is 14.8 Å². The zero-order valence-corrected chi connectivity index (χ0v) is 18.1. The molecule has 2 aromatic rings. The van der Waals surface area contributed by atoms with Crippen molar-refractivity contribution in [1.29, 1.82) is 5.26 Å². The van der Waals surface area contributed by atoms with E-state index in [4.69, 9.17) is 4.74 Å². The van der Waals surface area contributed by atoms with Crippen molar-refractivity contribution < 1.29 is 13.2 Å². The van der Waals surface area contributed by atoms with E-state index in [2.05, 4.69) is 33.0 Å². The average molecular weight is 436 g/mol. The second kappa shape index (κ2) is 11.7. The Morgan fingerprint density at radius 1 is 1.24 bits per heavy atom. The van der Waals surface area contributed by atoms with E-state index in [9.17, 15) is 13.7 Å². The lowest BCUT2D eigenvalue weighted by molar-refractivity contribution is 0.196. The molecule has 2 rings (SSSR count). The summed E-state index contributed by atoms with van der Waals surface area (Å²) in [5.74, 6) is 1.24. The number of benzene rings is 1. The Hall–Kier alpha value is -2.19. The van der Waals surface area contributed by atoms with Gasteiger partial charge >= 0.3 is 0 Å². The number of hydrogen-bond acceptors (Lipinski definition) is 8. The Bertz CT molecular complexity index is 928. The molecule has 0 amide bonds. The Morgan fingerprint density at radius 3 is 2.66 bits per heavy atom. The van der Waals surface area contributed by atoms with Crippen LogP contribution >= 0.6 is 11.8 Å². The smallest absolute Gasteiger partial charge is 0.240 e. The topological polar surface area (TPSA) is 117 Å². The molecule has 0 saturated carbocycles. The van der Waals surface area contributed by atoms with Gasteiger partial charge in [-0.15, -0.1) is 11.8 Å². The van der Waals surface area contributed by atoms with Crippen molar-refractivity contribution in [3.63, 3.8) is 0 Å². The molecule has 10 heteroatoms. The van der Waals surface area contributed by atoms with Crippen LogP contribution in [0.3, 0.4) is 0 Å². The molecule has 29 heavy (non-hydrogen) atoms. The van der Waals surface area contributed by atoms with Gasteiger partial charge in [-0.05, 0) is 42.9 Å². The van der Waals surface area contributed by atoms with Crippen LogP contribution in [0.15, 0.2) is 40.4 Å². The number of unbranched alkanes of at least 4 members (excludes halogenated alkanes) is 1. The molecule has 0 unspecified atom stereocenters. The highest BCUT2D eigenvalue weighted by Crippen LogP contribution is 2.23. The number of anilines is 2. The normalized spacial score (nSPS) is 11.2. The molecule has 0 fully saturated rings. The van der Waals surface area contributed by atoms with Crippen LogP contribution in [0, 0.1) is 11.3 Å². The van der Waals surface area contributed by atoms with Crippen LogP contribution in [-0.4, -0.2) is 44.4 Å². The molecule has 0 bridgehead atoms. The minimum atomic E-state index is -3.56. The molecule has 1 aromatic heterocycles. The summed E-state index contributed by atoms with van der Waals surface area (Å²) in [4.78, 5) is 8.76. The molecule has 0 aliphatic carbocycles. The lowest BCUT2D eigenvalue weighted by Crippen LogP contribution is -2.25. The SMILES string of the molecule is CCCCSc1nc(Nc2ccc(S(=O)(=O)NCCCOC)cc2)ncc1C#N. The summed E-state index contributed by atoms with van der Waals surface area (Å²) in [7, 11) is -1.99. The predicted molar refractivity (Wildman–Crippen MR) is 114 cm³/mol. The van der Waals surface area contributed by atoms with E-state index >= 15 is 0 Å². The minimum Gasteiger partial charge on any atom is -0.385 e. The standard InChI is InChI=1S/C19H25N5O3S2/c1-3-4-12-28-18-15(13-20)14-21-19(24-18)23-16-6-8-17(9-7-16)29(25,26)22-10-5-11-27-2/h6-9,14,22H,3-5,10-12H2,1-2H3,(H,21,23,24). The highest BCUT2D eigenvalue weighted by molar-refractivity contribution is 7.99. The molecule has 8 nitrogen and oxygen atoms in total. The first kappa shape index (κ1) is 23.1. The number of nitrogens with one attached hydrogen (secondary N) is 2. The molecule has 2 N–H and O–H groups in total. The van der Waals surface area contributed by atoms with Gasteiger partial charge in [-0.3, -0.25) is 0 Å². The lowest BCUT2D eigenvalue weighted by Gasteiger charge is -2.09. The van der Waals surface area contributed by atoms with Crippen molar-refractivity contribution >= 4 is 33.4 Å². The summed E-state index contributed by atoms with van der Waals surface area (Å²) in [5.41, 5.74) is 1.09. The first-order valence-corrected chi connectivity index (χ1v) is 11.7. The van der Waals surface area contributed by atoms with Crippen LogP contribution < -0.4 is 10.0 Å². The largest absolute Gasteiger partial charge is 0.385 e. The van der Waals surface area contributed by atoms with E-state index in [0.29, 0.717) is 41.8 Å². The van der Waals surface area contributed by atoms with Gasteiger partial charge < -0.3 is 10.1 Å². The van der Waals surface area contributed by atoms with Crippen LogP contribution in [0.2, 0.25) is 0 Å². The first-order valence-electron chi connectivity index (χ1n) is 9.25. The van der Waals surface area contributed by atoms with Gasteiger partial charge in [0, 0.05) is 25.9 Å². The zero-order chi connectivity index (χ0) is 21.1. The van der Waals surface area contributed by atoms with Gasteiger partial charge in [0.05, 0.1) is 11.1 Å². The van der Waals surface area contributed by atoms with E-state index in [1.54, 1.807) is 19.2 Å². The van der Waals surface area contributed by atoms with Crippen LogP contribution in [0.4, 0.5) is 11.6 Å². The Kier molecular flexibility index (Phi) is 9.34. The summed E-state index contributed by atoms with van der Waals surface area (Å²) in [6, 6.07) is 8.43. The highest BCUT2D eigenvalue weighted by Gasteiger charge is 2.13. The zero-order valence-electron chi connectivity index (χ0n) is 16.5. The van der Waals surface area contributed by atoms with E-state index in [1.807, 2.05) is 0 Å². The first-order chi connectivity index (χ1) is 14.0. The fourth-order valence-corrected chi connectivity index (χ4v) is 4.38. The molecule has 156 valence electrons. The van der Waals surface area contributed by atoms with Crippen molar-refractivity contribution in [3.05, 3.63) is 36.0 Å². The lowest BCUT2D eigenvalue weighted by atomic mass is 10.3. The van der Waals surface area contributed by atoms with Crippen LogP contribution in [0.25, 0.3) is 0 Å². The third-order valence-electron chi connectivity index (χ3n) is 3.85. The number of hydrogen-bond donors (Lipinski definition) is 2. The molecular weight excluding hydrogens is 410 g/mol. The average Bonchev–Trinajstić information content (AvgIpc) is 2.72. The van der Waals surface area contributed by atoms with Crippen molar-refractivity contribution in [2.24, 2.45) is 0 Å². The van der Waals surface area contributed by atoms with E-state index in [-0.39, 0.29) is 4.90 Å². The fraction of sp³-hybridized carbons (Fsp3) is 0.421. The molecular formula is C19H25N5O3S2. The van der Waals surface area contributed by atoms with Gasteiger partial charge in [0.2, 0.25) is 16.0 Å². The fourth-order valence-electron chi connectivity index (χ4n) is 2.28. The summed E-state index contributed by atoms with van der Waals surface area (Å²) in [6.45, 7) is 2.92. The highest BCUT2D eigenvalue weighted by atomic mass is 32.2. The van der Waals surface area contributed by atoms with E-state index in [0.717, 1.165) is 18.6 Å². The molecule has 0 radical (unpaired) electrons. The number of aromatic nitrogens is 2. The monoisotopic (exact) mass is 435 g/mol. The summed E-state index contributed by atoms with van der Waals surface area (Å²) in [6.07, 6.45) is 4.20. The van der Waals surface area contributed by atoms with Gasteiger partial charge in [-0.25, -0.2) is 23.1 Å². The van der Waals surface area contributed by atoms with Crippen molar-refractivity contribution in [2.45, 2.75) is 36.1 Å². The van der Waals surface area contributed by atoms with Crippen molar-refractivity contribution in [2.75, 3.05) is 31.3 Å². The number of rotatable bonds is 12. The maximum Gasteiger partial charge on any atom is 0.240 e. The Labute approximate surface area is 176 Å². The van der Waals surface area contributed by atoms with Gasteiger partial charge in [-0.1, -0.05) is 13.3 Å². The van der Waals surface area contributed by atoms with Gasteiger partial charge in [0.25, 0.3) is 0 Å². The second-order valence-electron chi connectivity index (χ2n) is 6.12. The van der Waals surface area contributed by atoms with Gasteiger partial charge in [-0.2, -0.15) is 5.26 Å². The molecule has 1 aromatic carbocycles. The number of nitrogens with zero attached hydrogens (tertiary/aromatic N) is 3. The number of ether oxygens (including phenoxy) is 1. The maximum absolute atomic E-state index is 12.3. The molecule has 0 aliphatic heterocycles. The van der Waals surface area contributed by atoms with E-state index < -0.39 is 10.0 Å². The number of nitriles is 1. The van der Waals surface area contributed by atoms with Crippen molar-refractivity contribution in [1.82, 2.24) is 14.7 Å². The number of thioether (sulfide) groups is 1. The predicted octanol–water partition coefficient (Wildman–Crippen LogP) is 3.30. The van der Waals surface area contributed by atoms with Crippen LogP contribution in [0.1, 0.15) is 31.7 Å². The van der Waals surface area contributed by atoms with Crippen molar-refractivity contribution in [3.8, 4) is 6.07 Å². The van der Waals surface area contributed by atoms with Gasteiger partial charge in [0.1, 0.15) is 16.7 Å². The summed E-state index contributed by atoms with van der Waals surface area (Å²) < 4.78 is 32.0. The second-order valence-corrected chi connectivity index (χ2v) is 8.97. The number of sulfonamides is 1. The minimum absolute atomic E-state index is 0.178. The Balaban J connectivity index is 2.05. The molecule has 0 saturated heterocycles. The quantitative estimate of drug-likeness (QED) is 0.296. The summed E-state index contributed by atoms with van der Waals surface area (Å²) in [5, 5.41) is 12.9. The number of methoxy groups -OCH3 is 1. The third-order valence-corrected chi connectivity index (χ3v) is 6.40. The molecule has 0 aliphatic rings. The van der Waals surface area contributed by atoms with Crippen LogP contribution in [0.5, 0.6) is 0 Å². The summed E-state index contributed by atoms with van der Waals surface area (Å²) >= 11 is 1.53. The maximum atomic E-state index is 12.3. The third kappa shape index (κ3) is 7.29. The molecule has 0 atom stereocenters. The molecule has 0 spiro atoms. The molecule has 1 heterocycles.